The van der Waals surface area contributed by atoms with Gasteiger partial charge in [0.15, 0.2) is 0 Å². The van der Waals surface area contributed by atoms with E-state index in [9.17, 15) is 0 Å². The molecule has 0 aliphatic rings. The monoisotopic (exact) mass is 301 g/mol. The van der Waals surface area contributed by atoms with E-state index in [0.717, 1.165) is 11.0 Å². The van der Waals surface area contributed by atoms with E-state index >= 15 is 0 Å². The molecule has 1 aromatic rings. The van der Waals surface area contributed by atoms with Crippen LogP contribution in [0.1, 0.15) is 38.8 Å². The van der Waals surface area contributed by atoms with Crippen LogP contribution < -0.4 is 5.32 Å². The predicted molar refractivity (Wildman–Crippen MR) is 77.2 cm³/mol. The molecule has 1 N–H and O–H groups in total. The van der Waals surface area contributed by atoms with Gasteiger partial charge in [-0.05, 0) is 49.4 Å². The van der Waals surface area contributed by atoms with Crippen LogP contribution in [0.2, 0.25) is 0 Å². The Kier molecular flexibility index (Phi) is 6.47. The third-order valence-corrected chi connectivity index (χ3v) is 4.20. The van der Waals surface area contributed by atoms with Crippen molar-refractivity contribution >= 4 is 27.7 Å². The number of rotatable bonds is 6. The zero-order valence-corrected chi connectivity index (χ0v) is 12.6. The van der Waals surface area contributed by atoms with Gasteiger partial charge in [-0.1, -0.05) is 29.8 Å². The first kappa shape index (κ1) is 14.1. The number of hydrogen-bond acceptors (Lipinski definition) is 2. The second-order valence-corrected chi connectivity index (χ2v) is 5.86. The van der Waals surface area contributed by atoms with Crippen molar-refractivity contribution in [1.29, 1.82) is 0 Å². The van der Waals surface area contributed by atoms with Crippen molar-refractivity contribution in [1.82, 2.24) is 5.32 Å². The molecule has 1 atom stereocenters. The molecule has 0 saturated heterocycles. The fourth-order valence-corrected chi connectivity index (χ4v) is 2.99. The SMILES string of the molecule is CCCSc1ccc(Br)cc1C(C)NCC. The van der Waals surface area contributed by atoms with Crippen molar-refractivity contribution in [3.8, 4) is 0 Å². The largest absolute Gasteiger partial charge is 0.310 e. The van der Waals surface area contributed by atoms with Gasteiger partial charge >= 0.3 is 0 Å². The summed E-state index contributed by atoms with van der Waals surface area (Å²) >= 11 is 5.50. The van der Waals surface area contributed by atoms with Gasteiger partial charge < -0.3 is 5.32 Å². The zero-order valence-electron chi connectivity index (χ0n) is 10.2. The normalized spacial score (nSPS) is 12.8. The summed E-state index contributed by atoms with van der Waals surface area (Å²) in [5.74, 6) is 1.19. The summed E-state index contributed by atoms with van der Waals surface area (Å²) in [6.07, 6.45) is 1.22. The smallest absolute Gasteiger partial charge is 0.0303 e. The number of hydrogen-bond donors (Lipinski definition) is 1. The summed E-state index contributed by atoms with van der Waals surface area (Å²) in [4.78, 5) is 1.40. The van der Waals surface area contributed by atoms with Crippen LogP contribution in [-0.4, -0.2) is 12.3 Å². The van der Waals surface area contributed by atoms with Crippen molar-refractivity contribution < 1.29 is 0 Å². The lowest BCUT2D eigenvalue weighted by atomic mass is 10.1. The minimum absolute atomic E-state index is 0.418. The first-order valence-corrected chi connectivity index (χ1v) is 7.62. The van der Waals surface area contributed by atoms with E-state index in [1.54, 1.807) is 0 Å². The molecule has 1 unspecified atom stereocenters. The molecule has 0 radical (unpaired) electrons. The van der Waals surface area contributed by atoms with Crippen LogP contribution in [0.15, 0.2) is 27.6 Å². The maximum Gasteiger partial charge on any atom is 0.0303 e. The van der Waals surface area contributed by atoms with E-state index in [-0.39, 0.29) is 0 Å². The Hall–Kier alpha value is 0.01000. The van der Waals surface area contributed by atoms with E-state index in [4.69, 9.17) is 0 Å². The Labute approximate surface area is 112 Å². The van der Waals surface area contributed by atoms with Gasteiger partial charge in [-0.3, -0.25) is 0 Å². The number of nitrogens with one attached hydrogen (secondary N) is 1. The molecule has 0 amide bonds. The second-order valence-electron chi connectivity index (χ2n) is 3.81. The lowest BCUT2D eigenvalue weighted by molar-refractivity contribution is 0.589. The molecule has 0 fully saturated rings. The molecule has 0 aliphatic carbocycles. The molecule has 3 heteroatoms. The Morgan fingerprint density at radius 3 is 2.75 bits per heavy atom. The quantitative estimate of drug-likeness (QED) is 0.769. The summed E-state index contributed by atoms with van der Waals surface area (Å²) in [6.45, 7) is 7.60. The lowest BCUT2D eigenvalue weighted by Gasteiger charge is -2.17. The summed E-state index contributed by atoms with van der Waals surface area (Å²) in [5.41, 5.74) is 1.40. The van der Waals surface area contributed by atoms with Gasteiger partial charge in [-0.15, -0.1) is 11.8 Å². The zero-order chi connectivity index (χ0) is 12.0. The molecule has 1 rings (SSSR count). The molecule has 1 nitrogen and oxygen atoms in total. The van der Waals surface area contributed by atoms with Gasteiger partial charge in [0.2, 0.25) is 0 Å². The maximum atomic E-state index is 3.55. The number of thioether (sulfide) groups is 1. The number of halogens is 1. The van der Waals surface area contributed by atoms with Crippen LogP contribution in [0.4, 0.5) is 0 Å². The summed E-state index contributed by atoms with van der Waals surface area (Å²) in [5, 5.41) is 3.47. The molecular weight excluding hydrogens is 282 g/mol. The third kappa shape index (κ3) is 4.11. The van der Waals surface area contributed by atoms with Crippen molar-refractivity contribution in [3.63, 3.8) is 0 Å². The maximum absolute atomic E-state index is 3.55. The average Bonchev–Trinajstić information content (AvgIpc) is 2.27. The highest BCUT2D eigenvalue weighted by Crippen LogP contribution is 2.30. The fraction of sp³-hybridized carbons (Fsp3) is 0.538. The van der Waals surface area contributed by atoms with Crippen LogP contribution in [0.25, 0.3) is 0 Å². The molecule has 1 aromatic carbocycles. The fourth-order valence-electron chi connectivity index (χ4n) is 1.62. The number of benzene rings is 1. The lowest BCUT2D eigenvalue weighted by Crippen LogP contribution is -2.18. The van der Waals surface area contributed by atoms with E-state index in [0.29, 0.717) is 6.04 Å². The van der Waals surface area contributed by atoms with Gasteiger partial charge in [-0.25, -0.2) is 0 Å². The van der Waals surface area contributed by atoms with Gasteiger partial charge in [0.05, 0.1) is 0 Å². The van der Waals surface area contributed by atoms with Crippen LogP contribution in [-0.2, 0) is 0 Å². The van der Waals surface area contributed by atoms with Crippen LogP contribution in [0.5, 0.6) is 0 Å². The van der Waals surface area contributed by atoms with E-state index in [2.05, 4.69) is 60.2 Å². The minimum atomic E-state index is 0.418. The van der Waals surface area contributed by atoms with E-state index < -0.39 is 0 Å². The summed E-state index contributed by atoms with van der Waals surface area (Å²) < 4.78 is 1.16. The highest BCUT2D eigenvalue weighted by molar-refractivity contribution is 9.10. The molecule has 0 spiro atoms. The highest BCUT2D eigenvalue weighted by Gasteiger charge is 2.10. The standard InChI is InChI=1S/C13H20BrNS/c1-4-8-16-13-7-6-11(14)9-12(13)10(3)15-5-2/h6-7,9-10,15H,4-5,8H2,1-3H3. The van der Waals surface area contributed by atoms with E-state index in [1.807, 2.05) is 11.8 Å². The van der Waals surface area contributed by atoms with Crippen molar-refractivity contribution in [2.75, 3.05) is 12.3 Å². The van der Waals surface area contributed by atoms with Crippen molar-refractivity contribution in [3.05, 3.63) is 28.2 Å². The first-order valence-electron chi connectivity index (χ1n) is 5.84. The van der Waals surface area contributed by atoms with Crippen LogP contribution in [0.3, 0.4) is 0 Å². The minimum Gasteiger partial charge on any atom is -0.310 e. The Morgan fingerprint density at radius 2 is 2.12 bits per heavy atom. The van der Waals surface area contributed by atoms with Gasteiger partial charge in [0.25, 0.3) is 0 Å². The molecule has 0 heterocycles. The Balaban J connectivity index is 2.88. The second kappa shape index (κ2) is 7.36. The summed E-state index contributed by atoms with van der Waals surface area (Å²) in [7, 11) is 0. The molecular formula is C13H20BrNS. The van der Waals surface area contributed by atoms with Crippen molar-refractivity contribution in [2.24, 2.45) is 0 Å². The van der Waals surface area contributed by atoms with Gasteiger partial charge in [0, 0.05) is 15.4 Å². The van der Waals surface area contributed by atoms with Crippen LogP contribution >= 0.6 is 27.7 Å². The first-order chi connectivity index (χ1) is 7.69. The molecule has 0 saturated carbocycles. The van der Waals surface area contributed by atoms with Crippen molar-refractivity contribution in [2.45, 2.75) is 38.1 Å². The molecule has 0 bridgehead atoms. The molecule has 16 heavy (non-hydrogen) atoms. The molecule has 90 valence electrons. The van der Waals surface area contributed by atoms with Crippen LogP contribution in [0, 0.1) is 0 Å². The highest BCUT2D eigenvalue weighted by atomic mass is 79.9. The predicted octanol–water partition coefficient (Wildman–Crippen LogP) is 4.62. The summed E-state index contributed by atoms with van der Waals surface area (Å²) in [6, 6.07) is 6.99. The Bertz CT molecular complexity index is 328. The average molecular weight is 302 g/mol. The molecule has 0 aliphatic heterocycles. The van der Waals surface area contributed by atoms with Gasteiger partial charge in [0.1, 0.15) is 0 Å². The molecule has 0 aromatic heterocycles. The Morgan fingerprint density at radius 1 is 1.38 bits per heavy atom. The topological polar surface area (TPSA) is 12.0 Å². The van der Waals surface area contributed by atoms with E-state index in [1.165, 1.54) is 22.6 Å². The van der Waals surface area contributed by atoms with Gasteiger partial charge in [-0.2, -0.15) is 0 Å². The third-order valence-electron chi connectivity index (χ3n) is 2.41.